The summed E-state index contributed by atoms with van der Waals surface area (Å²) in [5, 5.41) is 6.39. The maximum absolute atomic E-state index is 11.3. The number of hydrogen-bond donors (Lipinski definition) is 1. The number of rotatable bonds is 6. The van der Waals surface area contributed by atoms with Crippen molar-refractivity contribution >= 4 is 6.16 Å². The summed E-state index contributed by atoms with van der Waals surface area (Å²) in [6, 6.07) is 7.42. The molecule has 112 valence electrons. The third-order valence-corrected chi connectivity index (χ3v) is 2.57. The van der Waals surface area contributed by atoms with Crippen molar-refractivity contribution in [2.45, 2.75) is 13.5 Å². The fraction of sp³-hybridized carbons (Fsp3) is 0.286. The van der Waals surface area contributed by atoms with Gasteiger partial charge in [-0.1, -0.05) is 12.1 Å². The van der Waals surface area contributed by atoms with E-state index >= 15 is 0 Å². The largest absolute Gasteiger partial charge is 0.514 e. The van der Waals surface area contributed by atoms with Crippen LogP contribution >= 0.6 is 0 Å². The molecular formula is C14H16N2O5. The van der Waals surface area contributed by atoms with Crippen LogP contribution in [0.5, 0.6) is 17.4 Å². The summed E-state index contributed by atoms with van der Waals surface area (Å²) >= 11 is 0. The molecule has 21 heavy (non-hydrogen) atoms. The average Bonchev–Trinajstić information content (AvgIpc) is 2.93. The van der Waals surface area contributed by atoms with Gasteiger partial charge in [0, 0.05) is 0 Å². The molecule has 0 fully saturated rings. The fourth-order valence-electron chi connectivity index (χ4n) is 1.55. The van der Waals surface area contributed by atoms with Gasteiger partial charge in [0.05, 0.1) is 19.9 Å². The van der Waals surface area contributed by atoms with E-state index < -0.39 is 6.16 Å². The second-order valence-electron chi connectivity index (χ2n) is 3.99. The van der Waals surface area contributed by atoms with E-state index in [2.05, 4.69) is 14.9 Å². The number of nitrogens with one attached hydrogen (secondary N) is 1. The van der Waals surface area contributed by atoms with E-state index in [4.69, 9.17) is 14.2 Å². The number of aromatic nitrogens is 2. The Hall–Kier alpha value is -2.70. The van der Waals surface area contributed by atoms with E-state index in [-0.39, 0.29) is 18.2 Å². The number of carbonyl (C=O) groups excluding carboxylic acids is 1. The predicted octanol–water partition coefficient (Wildman–Crippen LogP) is 2.53. The molecule has 0 saturated carbocycles. The minimum absolute atomic E-state index is 0.182. The maximum atomic E-state index is 11.3. The first-order valence-corrected chi connectivity index (χ1v) is 6.36. The number of hydrogen-bond acceptors (Lipinski definition) is 6. The van der Waals surface area contributed by atoms with Crippen LogP contribution in [-0.2, 0) is 11.3 Å². The monoisotopic (exact) mass is 292 g/mol. The Bertz CT molecular complexity index is 579. The van der Waals surface area contributed by atoms with Crippen LogP contribution in [0.15, 0.2) is 30.5 Å². The van der Waals surface area contributed by atoms with Crippen molar-refractivity contribution in [3.8, 4) is 17.4 Å². The molecule has 0 aliphatic rings. The molecule has 1 N–H and O–H groups in total. The molecule has 0 unspecified atom stereocenters. The normalized spacial score (nSPS) is 10.0. The van der Waals surface area contributed by atoms with Crippen molar-refractivity contribution in [3.05, 3.63) is 36.0 Å². The molecule has 0 amide bonds. The number of carbonyl (C=O) groups is 1. The van der Waals surface area contributed by atoms with Crippen LogP contribution in [0.1, 0.15) is 12.5 Å². The van der Waals surface area contributed by atoms with Crippen molar-refractivity contribution in [1.82, 2.24) is 10.2 Å². The van der Waals surface area contributed by atoms with Gasteiger partial charge in [0.25, 0.3) is 5.88 Å². The molecule has 1 aromatic heterocycles. The highest BCUT2D eigenvalue weighted by molar-refractivity contribution is 5.64. The molecule has 0 radical (unpaired) electrons. The minimum Gasteiger partial charge on any atom is -0.497 e. The number of aromatic amines is 1. The molecule has 2 aromatic rings. The third-order valence-electron chi connectivity index (χ3n) is 2.57. The quantitative estimate of drug-likeness (QED) is 0.824. The summed E-state index contributed by atoms with van der Waals surface area (Å²) in [6.07, 6.45) is 0.550. The van der Waals surface area contributed by atoms with Crippen molar-refractivity contribution in [2.24, 2.45) is 0 Å². The van der Waals surface area contributed by atoms with Gasteiger partial charge in [-0.25, -0.2) is 9.89 Å². The van der Waals surface area contributed by atoms with Crippen LogP contribution in [0, 0.1) is 0 Å². The topological polar surface area (TPSA) is 82.7 Å². The highest BCUT2D eigenvalue weighted by atomic mass is 16.7. The Morgan fingerprint density at radius 2 is 2.05 bits per heavy atom. The van der Waals surface area contributed by atoms with Gasteiger partial charge in [0.15, 0.2) is 0 Å². The average molecular weight is 292 g/mol. The molecule has 7 heteroatoms. The van der Waals surface area contributed by atoms with Gasteiger partial charge in [-0.3, -0.25) is 0 Å². The zero-order valence-electron chi connectivity index (χ0n) is 11.8. The highest BCUT2D eigenvalue weighted by Crippen LogP contribution is 2.24. The Morgan fingerprint density at radius 1 is 1.29 bits per heavy atom. The second-order valence-corrected chi connectivity index (χ2v) is 3.99. The van der Waals surface area contributed by atoms with E-state index in [0.29, 0.717) is 6.61 Å². The highest BCUT2D eigenvalue weighted by Gasteiger charge is 2.13. The first kappa shape index (κ1) is 14.7. The number of methoxy groups -OCH3 is 1. The molecular weight excluding hydrogens is 276 g/mol. The van der Waals surface area contributed by atoms with Crippen molar-refractivity contribution in [3.63, 3.8) is 0 Å². The minimum atomic E-state index is -0.798. The second kappa shape index (κ2) is 7.18. The van der Waals surface area contributed by atoms with Gasteiger partial charge in [-0.05, 0) is 24.6 Å². The zero-order valence-corrected chi connectivity index (χ0v) is 11.8. The molecule has 0 saturated heterocycles. The van der Waals surface area contributed by atoms with Crippen LogP contribution in [-0.4, -0.2) is 30.1 Å². The van der Waals surface area contributed by atoms with Crippen LogP contribution < -0.4 is 14.2 Å². The molecule has 1 aromatic carbocycles. The summed E-state index contributed by atoms with van der Waals surface area (Å²) in [5.41, 5.74) is 0.937. The molecule has 0 bridgehead atoms. The van der Waals surface area contributed by atoms with E-state index in [1.54, 1.807) is 14.0 Å². The van der Waals surface area contributed by atoms with Crippen LogP contribution in [0.3, 0.4) is 0 Å². The van der Waals surface area contributed by atoms with Gasteiger partial charge >= 0.3 is 6.16 Å². The number of benzene rings is 1. The van der Waals surface area contributed by atoms with E-state index in [1.807, 2.05) is 24.3 Å². The van der Waals surface area contributed by atoms with Gasteiger partial charge < -0.3 is 18.9 Å². The van der Waals surface area contributed by atoms with Gasteiger partial charge in [-0.2, -0.15) is 5.10 Å². The van der Waals surface area contributed by atoms with E-state index in [0.717, 1.165) is 11.3 Å². The summed E-state index contributed by atoms with van der Waals surface area (Å²) in [5.74, 6) is 1.22. The van der Waals surface area contributed by atoms with Gasteiger partial charge in [0.2, 0.25) is 5.75 Å². The van der Waals surface area contributed by atoms with E-state index in [9.17, 15) is 4.79 Å². The Morgan fingerprint density at radius 3 is 2.71 bits per heavy atom. The van der Waals surface area contributed by atoms with Gasteiger partial charge in [-0.15, -0.1) is 0 Å². The maximum Gasteiger partial charge on any atom is 0.514 e. The summed E-state index contributed by atoms with van der Waals surface area (Å²) in [7, 11) is 1.61. The summed E-state index contributed by atoms with van der Waals surface area (Å²) in [6.45, 7) is 2.22. The fourth-order valence-corrected chi connectivity index (χ4v) is 1.55. The molecule has 0 aliphatic carbocycles. The van der Waals surface area contributed by atoms with E-state index in [1.165, 1.54) is 6.20 Å². The summed E-state index contributed by atoms with van der Waals surface area (Å²) in [4.78, 5) is 11.3. The number of H-pyrrole nitrogens is 1. The SMILES string of the molecule is CCOC(=O)Oc1cn[nH]c1OCc1ccc(OC)cc1. The smallest absolute Gasteiger partial charge is 0.497 e. The number of nitrogens with zero attached hydrogens (tertiary/aromatic N) is 1. The lowest BCUT2D eigenvalue weighted by Crippen LogP contribution is -2.10. The molecule has 2 rings (SSSR count). The lowest BCUT2D eigenvalue weighted by Gasteiger charge is -2.07. The standard InChI is InChI=1S/C14H16N2O5/c1-3-19-14(17)21-12-8-15-16-13(12)20-9-10-4-6-11(18-2)7-5-10/h4-8H,3,9H2,1-2H3,(H,15,16). The first-order valence-electron chi connectivity index (χ1n) is 6.36. The molecule has 0 spiro atoms. The molecule has 7 nitrogen and oxygen atoms in total. The van der Waals surface area contributed by atoms with Crippen LogP contribution in [0.4, 0.5) is 4.79 Å². The molecule has 1 heterocycles. The lowest BCUT2D eigenvalue weighted by molar-refractivity contribution is 0.102. The number of ether oxygens (including phenoxy) is 4. The summed E-state index contributed by atoms with van der Waals surface area (Å²) < 4.78 is 20.2. The van der Waals surface area contributed by atoms with Gasteiger partial charge in [0.1, 0.15) is 12.4 Å². The Kier molecular flexibility index (Phi) is 5.03. The first-order chi connectivity index (χ1) is 10.2. The van der Waals surface area contributed by atoms with Crippen molar-refractivity contribution in [2.75, 3.05) is 13.7 Å². The Balaban J connectivity index is 1.93. The molecule has 0 aliphatic heterocycles. The predicted molar refractivity (Wildman–Crippen MR) is 73.6 cm³/mol. The Labute approximate surface area is 121 Å². The van der Waals surface area contributed by atoms with Crippen molar-refractivity contribution in [1.29, 1.82) is 0 Å². The third kappa shape index (κ3) is 4.13. The zero-order chi connectivity index (χ0) is 15.1. The molecule has 0 atom stereocenters. The van der Waals surface area contributed by atoms with Crippen molar-refractivity contribution < 1.29 is 23.7 Å². The van der Waals surface area contributed by atoms with Crippen LogP contribution in [0.25, 0.3) is 0 Å². The lowest BCUT2D eigenvalue weighted by atomic mass is 10.2. The van der Waals surface area contributed by atoms with Crippen LogP contribution in [0.2, 0.25) is 0 Å².